The topological polar surface area (TPSA) is 119 Å². The molecule has 1 rings (SSSR count). The Hall–Kier alpha value is -2.45. The molecule has 1 unspecified atom stereocenters. The number of allylic oxidation sites excluding steroid dienone is 1. The van der Waals surface area contributed by atoms with Gasteiger partial charge in [-0.05, 0) is 26.2 Å². The van der Waals surface area contributed by atoms with Gasteiger partial charge in [-0.3, -0.25) is 14.4 Å². The summed E-state index contributed by atoms with van der Waals surface area (Å²) in [4.78, 5) is 50.2. The van der Waals surface area contributed by atoms with Crippen molar-refractivity contribution in [1.82, 2.24) is 5.32 Å². The minimum absolute atomic E-state index is 0.0420. The molecule has 28 heavy (non-hydrogen) atoms. The number of rotatable bonds is 5. The quantitative estimate of drug-likeness (QED) is 0.532. The van der Waals surface area contributed by atoms with Gasteiger partial charge in [0.1, 0.15) is 11.7 Å². The number of aliphatic hydroxyl groups excluding tert-OH is 1. The van der Waals surface area contributed by atoms with Gasteiger partial charge in [-0.15, -0.1) is 0 Å². The zero-order valence-corrected chi connectivity index (χ0v) is 17.3. The molecule has 0 aromatic rings. The second-order valence-corrected chi connectivity index (χ2v) is 8.66. The normalized spacial score (nSPS) is 20.1. The van der Waals surface area contributed by atoms with Crippen LogP contribution in [0.2, 0.25) is 0 Å². The summed E-state index contributed by atoms with van der Waals surface area (Å²) in [6, 6.07) is 0. The number of alkyl halides is 1. The molecule has 0 saturated carbocycles. The van der Waals surface area contributed by atoms with Crippen molar-refractivity contribution in [2.45, 2.75) is 58.7 Å². The molecule has 0 aromatic carbocycles. The fourth-order valence-corrected chi connectivity index (χ4v) is 3.15. The maximum atomic E-state index is 16.1. The van der Waals surface area contributed by atoms with Crippen LogP contribution in [0, 0.1) is 11.3 Å². The molecule has 0 saturated heterocycles. The largest absolute Gasteiger partial charge is 0.512 e. The van der Waals surface area contributed by atoms with E-state index in [0.29, 0.717) is 0 Å². The molecule has 8 nitrogen and oxygen atoms in total. The molecule has 1 aliphatic carbocycles. The molecule has 0 aliphatic heterocycles. The van der Waals surface area contributed by atoms with Crippen LogP contribution in [0.15, 0.2) is 11.3 Å². The van der Waals surface area contributed by atoms with E-state index in [0.717, 1.165) is 14.2 Å². The molecule has 9 heteroatoms. The lowest BCUT2D eigenvalue weighted by molar-refractivity contribution is -0.173. The maximum Gasteiger partial charge on any atom is 0.354 e. The van der Waals surface area contributed by atoms with Crippen molar-refractivity contribution < 1.29 is 38.1 Å². The summed E-state index contributed by atoms with van der Waals surface area (Å²) in [6.45, 7) is 8.04. The van der Waals surface area contributed by atoms with E-state index in [1.165, 1.54) is 0 Å². The summed E-state index contributed by atoms with van der Waals surface area (Å²) in [5.41, 5.74) is -5.86. The zero-order chi connectivity index (χ0) is 22.1. The highest BCUT2D eigenvalue weighted by molar-refractivity contribution is 6.14. The van der Waals surface area contributed by atoms with E-state index in [2.05, 4.69) is 14.8 Å². The molecule has 0 bridgehead atoms. The molecule has 0 radical (unpaired) electrons. The lowest BCUT2D eigenvalue weighted by atomic mass is 9.70. The average Bonchev–Trinajstić information content (AvgIpc) is 2.53. The number of esters is 2. The third-order valence-corrected chi connectivity index (χ3v) is 4.32. The average molecular weight is 401 g/mol. The fraction of sp³-hybridized carbons (Fsp3) is 0.684. The molecule has 158 valence electrons. The van der Waals surface area contributed by atoms with Gasteiger partial charge in [0.2, 0.25) is 0 Å². The van der Waals surface area contributed by atoms with Crippen molar-refractivity contribution in [2.75, 3.05) is 14.2 Å². The first-order chi connectivity index (χ1) is 12.6. The molecule has 0 aromatic heterocycles. The SMILES string of the molecule is COC(=O)[C@@H](C1=C(O)CC(C)(C)CC1=O)C(F)(C(=O)NC(C)(C)C)C(=O)OC. The van der Waals surface area contributed by atoms with Crippen molar-refractivity contribution >= 4 is 23.6 Å². The van der Waals surface area contributed by atoms with Crippen molar-refractivity contribution in [2.24, 2.45) is 11.3 Å². The number of ether oxygens (including phenoxy) is 2. The predicted octanol–water partition coefficient (Wildman–Crippen LogP) is 1.77. The Morgan fingerprint density at radius 1 is 1.14 bits per heavy atom. The van der Waals surface area contributed by atoms with E-state index in [1.807, 2.05) is 0 Å². The maximum absolute atomic E-state index is 16.1. The highest BCUT2D eigenvalue weighted by Gasteiger charge is 2.62. The third kappa shape index (κ3) is 4.69. The number of hydrogen-bond acceptors (Lipinski definition) is 7. The first-order valence-electron chi connectivity index (χ1n) is 8.73. The minimum Gasteiger partial charge on any atom is -0.512 e. The lowest BCUT2D eigenvalue weighted by Crippen LogP contribution is -2.61. The number of Topliss-reactive ketones (excluding diaryl/α,β-unsaturated/α-hetero) is 1. The van der Waals surface area contributed by atoms with Gasteiger partial charge < -0.3 is 19.9 Å². The Balaban J connectivity index is 3.71. The van der Waals surface area contributed by atoms with Crippen LogP contribution < -0.4 is 5.32 Å². The van der Waals surface area contributed by atoms with E-state index >= 15 is 4.39 Å². The minimum atomic E-state index is -3.62. The summed E-state index contributed by atoms with van der Waals surface area (Å²) < 4.78 is 25.1. The number of amides is 1. The van der Waals surface area contributed by atoms with Crippen LogP contribution >= 0.6 is 0 Å². The first kappa shape index (κ1) is 23.6. The van der Waals surface area contributed by atoms with Gasteiger partial charge in [0, 0.05) is 18.4 Å². The van der Waals surface area contributed by atoms with Crippen LogP contribution in [0.4, 0.5) is 4.39 Å². The second kappa shape index (κ2) is 7.89. The Morgan fingerprint density at radius 2 is 1.68 bits per heavy atom. The monoisotopic (exact) mass is 401 g/mol. The van der Waals surface area contributed by atoms with Crippen LogP contribution in [0.25, 0.3) is 0 Å². The van der Waals surface area contributed by atoms with Gasteiger partial charge >= 0.3 is 17.6 Å². The lowest BCUT2D eigenvalue weighted by Gasteiger charge is -2.36. The number of nitrogens with one attached hydrogen (secondary N) is 1. The standard InChI is InChI=1S/C19H28FNO7/c1-17(2,3)21-15(25)19(20,16(26)28-7)13(14(24)27-6)12-10(22)8-18(4,5)9-11(12)23/h13,22H,8-9H2,1-7H3,(H,21,25)/t13-,19?/m1/s1. The van der Waals surface area contributed by atoms with E-state index in [-0.39, 0.29) is 12.8 Å². The van der Waals surface area contributed by atoms with Gasteiger partial charge in [0.15, 0.2) is 5.78 Å². The van der Waals surface area contributed by atoms with Crippen molar-refractivity contribution in [1.29, 1.82) is 0 Å². The van der Waals surface area contributed by atoms with E-state index < -0.39 is 57.5 Å². The highest BCUT2D eigenvalue weighted by Crippen LogP contribution is 2.42. The first-order valence-corrected chi connectivity index (χ1v) is 8.73. The number of carbonyl (C=O) groups is 4. The number of carbonyl (C=O) groups excluding carboxylic acids is 4. The van der Waals surface area contributed by atoms with E-state index in [1.54, 1.807) is 34.6 Å². The molecular weight excluding hydrogens is 373 g/mol. The van der Waals surface area contributed by atoms with Crippen LogP contribution in [-0.4, -0.2) is 54.2 Å². The summed E-state index contributed by atoms with van der Waals surface area (Å²) in [5.74, 6) is -8.13. The molecule has 2 atom stereocenters. The van der Waals surface area contributed by atoms with Crippen molar-refractivity contribution in [3.63, 3.8) is 0 Å². The summed E-state index contributed by atoms with van der Waals surface area (Å²) in [5, 5.41) is 12.7. The number of ketones is 1. The third-order valence-electron chi connectivity index (χ3n) is 4.32. The number of hydrogen-bond donors (Lipinski definition) is 2. The highest BCUT2D eigenvalue weighted by atomic mass is 19.1. The van der Waals surface area contributed by atoms with Crippen LogP contribution in [-0.2, 0) is 28.7 Å². The number of methoxy groups -OCH3 is 2. The molecule has 2 N–H and O–H groups in total. The smallest absolute Gasteiger partial charge is 0.354 e. The van der Waals surface area contributed by atoms with Crippen LogP contribution in [0.1, 0.15) is 47.5 Å². The van der Waals surface area contributed by atoms with Gasteiger partial charge in [-0.2, -0.15) is 0 Å². The predicted molar refractivity (Wildman–Crippen MR) is 96.9 cm³/mol. The summed E-state index contributed by atoms with van der Waals surface area (Å²) >= 11 is 0. The fourth-order valence-electron chi connectivity index (χ4n) is 3.15. The van der Waals surface area contributed by atoms with Gasteiger partial charge in [0.25, 0.3) is 5.91 Å². The van der Waals surface area contributed by atoms with Gasteiger partial charge in [0.05, 0.1) is 19.8 Å². The Morgan fingerprint density at radius 3 is 2.07 bits per heavy atom. The second-order valence-electron chi connectivity index (χ2n) is 8.66. The summed E-state index contributed by atoms with van der Waals surface area (Å²) in [7, 11) is 1.76. The van der Waals surface area contributed by atoms with Crippen molar-refractivity contribution in [3.05, 3.63) is 11.3 Å². The van der Waals surface area contributed by atoms with E-state index in [9.17, 15) is 24.3 Å². The molecular formula is C19H28FNO7. The van der Waals surface area contributed by atoms with Crippen molar-refractivity contribution in [3.8, 4) is 0 Å². The Bertz CT molecular complexity index is 720. The molecule has 1 amide bonds. The molecule has 0 heterocycles. The Kier molecular flexibility index (Phi) is 6.64. The number of aliphatic hydroxyl groups is 1. The molecule has 0 fully saturated rings. The van der Waals surface area contributed by atoms with Gasteiger partial charge in [-0.25, -0.2) is 9.18 Å². The molecule has 0 spiro atoms. The Labute approximate surface area is 163 Å². The number of halogens is 1. The van der Waals surface area contributed by atoms with Crippen LogP contribution in [0.3, 0.4) is 0 Å². The summed E-state index contributed by atoms with van der Waals surface area (Å²) in [6.07, 6.45) is -0.155. The molecule has 1 aliphatic rings. The van der Waals surface area contributed by atoms with Crippen LogP contribution in [0.5, 0.6) is 0 Å². The zero-order valence-electron chi connectivity index (χ0n) is 17.3. The van der Waals surface area contributed by atoms with E-state index in [4.69, 9.17) is 0 Å². The van der Waals surface area contributed by atoms with Gasteiger partial charge in [-0.1, -0.05) is 13.8 Å².